The molecule has 0 radical (unpaired) electrons. The summed E-state index contributed by atoms with van der Waals surface area (Å²) >= 11 is 0. The number of rotatable bonds is 4. The zero-order chi connectivity index (χ0) is 19.9. The number of carbonyl (C=O) groups is 2. The summed E-state index contributed by atoms with van der Waals surface area (Å²) < 4.78 is 5.39. The predicted octanol–water partition coefficient (Wildman–Crippen LogP) is 0.319. The van der Waals surface area contributed by atoms with Gasteiger partial charge in [-0.15, -0.1) is 0 Å². The Bertz CT molecular complexity index is 756. The van der Waals surface area contributed by atoms with Gasteiger partial charge in [-0.05, 0) is 5.41 Å². The number of aromatic nitrogens is 2. The first kappa shape index (κ1) is 18.9. The minimum Gasteiger partial charge on any atom is -0.481 e. The van der Waals surface area contributed by atoms with Gasteiger partial charge in [0.1, 0.15) is 18.0 Å². The molecule has 1 aliphatic carbocycles. The third-order valence-electron chi connectivity index (χ3n) is 6.25. The summed E-state index contributed by atoms with van der Waals surface area (Å²) in [5.74, 6) is -0.138. The fourth-order valence-corrected chi connectivity index (χ4v) is 4.39. The molecule has 0 bridgehead atoms. The Morgan fingerprint density at radius 2 is 1.57 bits per heavy atom. The fourth-order valence-electron chi connectivity index (χ4n) is 4.39. The predicted molar refractivity (Wildman–Crippen MR) is 102 cm³/mol. The third-order valence-corrected chi connectivity index (χ3v) is 6.25. The minimum absolute atomic E-state index is 0.0336. The van der Waals surface area contributed by atoms with Crippen molar-refractivity contribution < 1.29 is 19.4 Å². The van der Waals surface area contributed by atoms with Crippen molar-refractivity contribution in [1.29, 1.82) is 0 Å². The molecule has 2 saturated heterocycles. The lowest BCUT2D eigenvalue weighted by molar-refractivity contribution is -0.142. The highest BCUT2D eigenvalue weighted by Crippen LogP contribution is 2.59. The van der Waals surface area contributed by atoms with E-state index in [1.807, 2.05) is 19.9 Å². The Hall–Kier alpha value is -2.42. The van der Waals surface area contributed by atoms with Gasteiger partial charge in [-0.1, -0.05) is 13.8 Å². The second kappa shape index (κ2) is 7.20. The molecular weight excluding hydrogens is 362 g/mol. The summed E-state index contributed by atoms with van der Waals surface area (Å²) in [5, 5.41) is 9.33. The van der Waals surface area contributed by atoms with Crippen LogP contribution in [-0.4, -0.2) is 84.3 Å². The molecule has 3 aliphatic rings. The quantitative estimate of drug-likeness (QED) is 0.786. The van der Waals surface area contributed by atoms with Crippen LogP contribution in [0.5, 0.6) is 0 Å². The van der Waals surface area contributed by atoms with Gasteiger partial charge in [0.15, 0.2) is 0 Å². The Morgan fingerprint density at radius 1 is 1.00 bits per heavy atom. The Balaban J connectivity index is 1.37. The lowest BCUT2D eigenvalue weighted by Gasteiger charge is -2.36. The van der Waals surface area contributed by atoms with Crippen LogP contribution in [0.15, 0.2) is 12.4 Å². The molecule has 2 atom stereocenters. The van der Waals surface area contributed by atoms with Gasteiger partial charge < -0.3 is 24.5 Å². The molecule has 3 fully saturated rings. The highest BCUT2D eigenvalue weighted by atomic mass is 16.5. The first-order valence-corrected chi connectivity index (χ1v) is 9.81. The number of carboxylic acid groups (broad SMARTS) is 1. The summed E-state index contributed by atoms with van der Waals surface area (Å²) in [4.78, 5) is 39.1. The fraction of sp³-hybridized carbons (Fsp3) is 0.684. The molecule has 4 rings (SSSR count). The summed E-state index contributed by atoms with van der Waals surface area (Å²) in [5.41, 5.74) is -0.459. The monoisotopic (exact) mass is 389 g/mol. The maximum atomic E-state index is 12.8. The standard InChI is InChI=1S/C19H27N5O4/c1-19(2)15(16(19)18(26)27)17(25)24-5-3-22(4-6-24)13-11-14(21-12-20-13)23-7-9-28-10-8-23/h11-12,15-16H,3-10H2,1-2H3,(H,26,27)/t15-,16+/m1/s1. The maximum Gasteiger partial charge on any atom is 0.307 e. The molecule has 1 amide bonds. The van der Waals surface area contributed by atoms with E-state index < -0.39 is 23.2 Å². The van der Waals surface area contributed by atoms with Crippen molar-refractivity contribution in [3.8, 4) is 0 Å². The maximum absolute atomic E-state index is 12.8. The van der Waals surface area contributed by atoms with Gasteiger partial charge in [0.25, 0.3) is 0 Å². The van der Waals surface area contributed by atoms with Crippen molar-refractivity contribution in [2.24, 2.45) is 17.3 Å². The average molecular weight is 389 g/mol. The SMILES string of the molecule is CC1(C)[C@H](C(=O)O)[C@@H]1C(=O)N1CCN(c2cc(N3CCOCC3)ncn2)CC1. The van der Waals surface area contributed by atoms with Crippen molar-refractivity contribution in [2.75, 3.05) is 62.3 Å². The highest BCUT2D eigenvalue weighted by Gasteiger charge is 2.66. The smallest absolute Gasteiger partial charge is 0.307 e. The molecule has 1 aromatic rings. The molecule has 0 spiro atoms. The molecule has 28 heavy (non-hydrogen) atoms. The minimum atomic E-state index is -0.876. The Labute approximate surface area is 164 Å². The van der Waals surface area contributed by atoms with Gasteiger partial charge >= 0.3 is 5.97 Å². The largest absolute Gasteiger partial charge is 0.481 e. The summed E-state index contributed by atoms with van der Waals surface area (Å²) in [6.45, 7) is 9.28. The summed E-state index contributed by atoms with van der Waals surface area (Å²) in [6.07, 6.45) is 1.59. The highest BCUT2D eigenvalue weighted by molar-refractivity contribution is 5.91. The van der Waals surface area contributed by atoms with Crippen molar-refractivity contribution >= 4 is 23.5 Å². The van der Waals surface area contributed by atoms with E-state index in [-0.39, 0.29) is 5.91 Å². The summed E-state index contributed by atoms with van der Waals surface area (Å²) in [7, 11) is 0. The molecule has 152 valence electrons. The van der Waals surface area contributed by atoms with E-state index in [1.165, 1.54) is 0 Å². The number of ether oxygens (including phenoxy) is 1. The van der Waals surface area contributed by atoms with Gasteiger partial charge in [0, 0.05) is 45.3 Å². The summed E-state index contributed by atoms with van der Waals surface area (Å²) in [6, 6.07) is 1.99. The number of hydrogen-bond acceptors (Lipinski definition) is 7. The number of nitrogens with zero attached hydrogens (tertiary/aromatic N) is 5. The normalized spacial score (nSPS) is 26.9. The van der Waals surface area contributed by atoms with Crippen LogP contribution in [0.3, 0.4) is 0 Å². The zero-order valence-electron chi connectivity index (χ0n) is 16.4. The van der Waals surface area contributed by atoms with E-state index in [4.69, 9.17) is 4.74 Å². The molecule has 1 N–H and O–H groups in total. The molecule has 0 unspecified atom stereocenters. The average Bonchev–Trinajstić information content (AvgIpc) is 3.31. The Kier molecular flexibility index (Phi) is 4.86. The van der Waals surface area contributed by atoms with Crippen LogP contribution >= 0.6 is 0 Å². The molecule has 9 heteroatoms. The first-order chi connectivity index (χ1) is 13.4. The van der Waals surface area contributed by atoms with E-state index in [1.54, 1.807) is 11.2 Å². The number of hydrogen-bond donors (Lipinski definition) is 1. The molecule has 2 aliphatic heterocycles. The van der Waals surface area contributed by atoms with Crippen LogP contribution in [0, 0.1) is 17.3 Å². The number of morpholine rings is 1. The Morgan fingerprint density at radius 3 is 2.11 bits per heavy atom. The van der Waals surface area contributed by atoms with Crippen molar-refractivity contribution in [2.45, 2.75) is 13.8 Å². The number of piperazine rings is 1. The third kappa shape index (κ3) is 3.39. The van der Waals surface area contributed by atoms with Crippen molar-refractivity contribution in [3.63, 3.8) is 0 Å². The van der Waals surface area contributed by atoms with Gasteiger partial charge in [0.2, 0.25) is 5.91 Å². The number of amides is 1. The first-order valence-electron chi connectivity index (χ1n) is 9.81. The van der Waals surface area contributed by atoms with Crippen LogP contribution < -0.4 is 9.80 Å². The molecule has 1 saturated carbocycles. The lowest BCUT2D eigenvalue weighted by atomic mass is 10.1. The van der Waals surface area contributed by atoms with Gasteiger partial charge in [-0.3, -0.25) is 9.59 Å². The second-order valence-electron chi connectivity index (χ2n) is 8.26. The van der Waals surface area contributed by atoms with E-state index in [9.17, 15) is 14.7 Å². The second-order valence-corrected chi connectivity index (χ2v) is 8.26. The van der Waals surface area contributed by atoms with Gasteiger partial charge in [-0.25, -0.2) is 9.97 Å². The van der Waals surface area contributed by atoms with Crippen LogP contribution in [0.4, 0.5) is 11.6 Å². The number of carboxylic acids is 1. The van der Waals surface area contributed by atoms with Gasteiger partial charge in [-0.2, -0.15) is 0 Å². The van der Waals surface area contributed by atoms with E-state index >= 15 is 0 Å². The van der Waals surface area contributed by atoms with Crippen LogP contribution in [0.1, 0.15) is 13.8 Å². The van der Waals surface area contributed by atoms with Crippen LogP contribution in [0.25, 0.3) is 0 Å². The van der Waals surface area contributed by atoms with E-state index in [0.29, 0.717) is 39.4 Å². The molecular formula is C19H27N5O4. The van der Waals surface area contributed by atoms with Crippen molar-refractivity contribution in [1.82, 2.24) is 14.9 Å². The molecule has 9 nitrogen and oxygen atoms in total. The lowest BCUT2D eigenvalue weighted by Crippen LogP contribution is -2.50. The van der Waals surface area contributed by atoms with Crippen molar-refractivity contribution in [3.05, 3.63) is 12.4 Å². The van der Waals surface area contributed by atoms with Crippen LogP contribution in [-0.2, 0) is 14.3 Å². The van der Waals surface area contributed by atoms with Crippen LogP contribution in [0.2, 0.25) is 0 Å². The molecule has 1 aromatic heterocycles. The van der Waals surface area contributed by atoms with Gasteiger partial charge in [0.05, 0.1) is 25.0 Å². The topological polar surface area (TPSA) is 99.1 Å². The number of carbonyl (C=O) groups excluding carboxylic acids is 1. The zero-order valence-corrected chi connectivity index (χ0v) is 16.4. The number of aliphatic carboxylic acids is 1. The molecule has 0 aromatic carbocycles. The molecule has 3 heterocycles. The van der Waals surface area contributed by atoms with E-state index in [2.05, 4.69) is 19.8 Å². The number of anilines is 2. The van der Waals surface area contributed by atoms with E-state index in [0.717, 1.165) is 24.7 Å².